The first-order chi connectivity index (χ1) is 17.3. The highest BCUT2D eigenvalue weighted by atomic mass is 19.4. The summed E-state index contributed by atoms with van der Waals surface area (Å²) in [5.41, 5.74) is -0.444. The number of unbranched alkanes of at least 4 members (excludes halogenated alkanes) is 2. The molecule has 8 nitrogen and oxygen atoms in total. The predicted molar refractivity (Wildman–Crippen MR) is 118 cm³/mol. The maximum atomic E-state index is 12.9. The second-order valence-electron chi connectivity index (χ2n) is 8.60. The highest BCUT2D eigenvalue weighted by Crippen LogP contribution is 2.28. The lowest BCUT2D eigenvalue weighted by Crippen LogP contribution is -2.50. The van der Waals surface area contributed by atoms with Gasteiger partial charge in [0.2, 0.25) is 0 Å². The van der Waals surface area contributed by atoms with Gasteiger partial charge in [0.1, 0.15) is 17.8 Å². The number of aliphatic carboxylic acids is 1. The maximum absolute atomic E-state index is 12.9. The number of carboxylic acid groups (broad SMARTS) is 1. The van der Waals surface area contributed by atoms with Gasteiger partial charge in [-0.05, 0) is 50.4 Å². The van der Waals surface area contributed by atoms with Crippen molar-refractivity contribution in [3.63, 3.8) is 0 Å². The number of likely N-dealkylation sites (tertiary alicyclic amines) is 1. The number of carbonyl (C=O) groups is 3. The molecule has 1 aliphatic heterocycles. The number of benzene rings is 1. The van der Waals surface area contributed by atoms with E-state index in [1.165, 1.54) is 0 Å². The van der Waals surface area contributed by atoms with Crippen LogP contribution in [0, 0.1) is 5.92 Å². The van der Waals surface area contributed by atoms with E-state index in [1.807, 2.05) is 4.90 Å². The summed E-state index contributed by atoms with van der Waals surface area (Å²) in [7, 11) is 0. The average molecular weight is 542 g/mol. The molecule has 0 saturated carbocycles. The van der Waals surface area contributed by atoms with Crippen molar-refractivity contribution < 1.29 is 55.3 Å². The van der Waals surface area contributed by atoms with E-state index in [1.54, 1.807) is 0 Å². The summed E-state index contributed by atoms with van der Waals surface area (Å²) in [6.07, 6.45) is -6.28. The summed E-state index contributed by atoms with van der Waals surface area (Å²) in [5.74, 6) is -3.34. The Morgan fingerprint density at radius 2 is 1.73 bits per heavy atom. The van der Waals surface area contributed by atoms with E-state index in [9.17, 15) is 45.8 Å². The minimum absolute atomic E-state index is 0.00516. The van der Waals surface area contributed by atoms with Gasteiger partial charge >= 0.3 is 18.3 Å². The number of ether oxygens (including phenoxy) is 2. The van der Waals surface area contributed by atoms with Crippen LogP contribution in [-0.2, 0) is 9.59 Å². The molecule has 2 atom stereocenters. The van der Waals surface area contributed by atoms with Crippen molar-refractivity contribution in [2.45, 2.75) is 50.5 Å². The summed E-state index contributed by atoms with van der Waals surface area (Å²) in [4.78, 5) is 36.7. The number of carbonyl (C=O) groups excluding carboxylic acids is 2. The van der Waals surface area contributed by atoms with Gasteiger partial charge in [0, 0.05) is 25.6 Å². The first-order valence-electron chi connectivity index (χ1n) is 11.5. The monoisotopic (exact) mass is 542 g/mol. The molecule has 1 aliphatic rings. The fraction of sp³-hybridized carbons (Fsp3) is 0.609. The van der Waals surface area contributed by atoms with Gasteiger partial charge in [-0.25, -0.2) is 0 Å². The number of hydrogen-bond acceptors (Lipinski definition) is 6. The lowest BCUT2D eigenvalue weighted by atomic mass is 9.92. The Hall–Kier alpha value is -3.03. The van der Waals surface area contributed by atoms with Crippen molar-refractivity contribution in [2.75, 3.05) is 32.8 Å². The number of carboxylic acids is 1. The highest BCUT2D eigenvalue weighted by molar-refractivity contribution is 5.97. The lowest BCUT2D eigenvalue weighted by molar-refractivity contribution is -0.154. The van der Waals surface area contributed by atoms with Crippen LogP contribution in [0.4, 0.5) is 26.3 Å². The number of amides is 1. The summed E-state index contributed by atoms with van der Waals surface area (Å²) in [5, 5.41) is 11.9. The van der Waals surface area contributed by atoms with Crippen molar-refractivity contribution >= 4 is 18.2 Å². The van der Waals surface area contributed by atoms with Gasteiger partial charge < -0.3 is 24.7 Å². The van der Waals surface area contributed by atoms with Crippen LogP contribution in [0.3, 0.4) is 0 Å². The first-order valence-corrected chi connectivity index (χ1v) is 11.5. The van der Waals surface area contributed by atoms with Gasteiger partial charge in [-0.15, -0.1) is 0 Å². The van der Waals surface area contributed by atoms with Crippen LogP contribution in [0.25, 0.3) is 0 Å². The van der Waals surface area contributed by atoms with Crippen molar-refractivity contribution in [3.8, 4) is 11.5 Å². The van der Waals surface area contributed by atoms with Crippen LogP contribution in [0.1, 0.15) is 42.5 Å². The van der Waals surface area contributed by atoms with Gasteiger partial charge in [0.15, 0.2) is 13.2 Å². The summed E-state index contributed by atoms with van der Waals surface area (Å²) in [6, 6.07) is 2.46. The number of nitrogens with one attached hydrogen (secondary N) is 1. The third-order valence-electron chi connectivity index (χ3n) is 5.67. The second kappa shape index (κ2) is 13.5. The smallest absolute Gasteiger partial charge is 0.422 e. The Morgan fingerprint density at radius 1 is 1.05 bits per heavy atom. The largest absolute Gasteiger partial charge is 0.484 e. The Balaban J connectivity index is 2.14. The molecule has 0 aromatic heterocycles. The van der Waals surface area contributed by atoms with E-state index in [2.05, 4.69) is 14.8 Å². The fourth-order valence-electron chi connectivity index (χ4n) is 3.88. The maximum Gasteiger partial charge on any atom is 0.422 e. The molecule has 1 fully saturated rings. The number of halogens is 6. The van der Waals surface area contributed by atoms with Gasteiger partial charge in [-0.2, -0.15) is 26.3 Å². The van der Waals surface area contributed by atoms with Crippen molar-refractivity contribution in [1.29, 1.82) is 0 Å². The number of hydrogen-bond donors (Lipinski definition) is 2. The van der Waals surface area contributed by atoms with Crippen molar-refractivity contribution in [1.82, 2.24) is 10.2 Å². The Bertz CT molecular complexity index is 924. The summed E-state index contributed by atoms with van der Waals surface area (Å²) in [6.45, 7) is -2.69. The van der Waals surface area contributed by atoms with E-state index in [-0.39, 0.29) is 24.9 Å². The molecular formula is C23H28F6N2O6. The second-order valence-corrected chi connectivity index (χ2v) is 8.60. The molecule has 14 heteroatoms. The molecule has 1 aromatic carbocycles. The first kappa shape index (κ1) is 30.2. The molecule has 0 aliphatic carbocycles. The Kier molecular flexibility index (Phi) is 11.0. The van der Waals surface area contributed by atoms with Crippen molar-refractivity contribution in [2.24, 2.45) is 5.92 Å². The number of rotatable bonds is 13. The standard InChI is InChI=1S/C23H28F6N2O6/c24-22(25,26)13-36-17-6-7-19(37-14-23(27,28)29)18(10-17)20(33)30-11-16-5-4-15(21(34)35)12-31(16)8-2-1-3-9-32/h6-7,9-10,15-16H,1-5,8,11-14H2,(H,30,33)(H,34,35). The molecule has 1 saturated heterocycles. The quantitative estimate of drug-likeness (QED) is 0.222. The zero-order valence-electron chi connectivity index (χ0n) is 19.7. The van der Waals surface area contributed by atoms with E-state index in [0.717, 1.165) is 24.5 Å². The molecule has 2 rings (SSSR count). The van der Waals surface area contributed by atoms with Gasteiger partial charge in [-0.1, -0.05) is 0 Å². The number of aldehydes is 1. The zero-order chi connectivity index (χ0) is 27.6. The third kappa shape index (κ3) is 10.9. The minimum Gasteiger partial charge on any atom is -0.484 e. The molecule has 0 radical (unpaired) electrons. The molecule has 0 spiro atoms. The van der Waals surface area contributed by atoms with Crippen molar-refractivity contribution in [3.05, 3.63) is 23.8 Å². The van der Waals surface area contributed by atoms with Gasteiger partial charge in [-0.3, -0.25) is 14.5 Å². The molecule has 208 valence electrons. The van der Waals surface area contributed by atoms with Gasteiger partial charge in [0.25, 0.3) is 5.91 Å². The van der Waals surface area contributed by atoms with Gasteiger partial charge in [0.05, 0.1) is 11.5 Å². The predicted octanol–water partition coefficient (Wildman–Crippen LogP) is 3.83. The molecule has 1 amide bonds. The molecule has 37 heavy (non-hydrogen) atoms. The highest BCUT2D eigenvalue weighted by Gasteiger charge is 2.33. The summed E-state index contributed by atoms with van der Waals surface area (Å²) >= 11 is 0. The zero-order valence-corrected chi connectivity index (χ0v) is 19.7. The van der Waals surface area contributed by atoms with Crippen LogP contribution < -0.4 is 14.8 Å². The van der Waals surface area contributed by atoms with E-state index < -0.39 is 54.7 Å². The SMILES string of the molecule is O=CCCCCN1CC(C(=O)O)CCC1CNC(=O)c1cc(OCC(F)(F)F)ccc1OCC(F)(F)F. The number of piperidine rings is 1. The van der Waals surface area contributed by atoms with E-state index in [4.69, 9.17) is 0 Å². The molecular weight excluding hydrogens is 514 g/mol. The molecule has 1 aromatic rings. The number of nitrogens with zero attached hydrogens (tertiary/aromatic N) is 1. The topological polar surface area (TPSA) is 105 Å². The fourth-order valence-corrected chi connectivity index (χ4v) is 3.88. The number of alkyl halides is 6. The van der Waals surface area contributed by atoms with E-state index in [0.29, 0.717) is 38.6 Å². The Labute approximate surface area is 208 Å². The normalized spacial score (nSPS) is 18.8. The van der Waals surface area contributed by atoms with Crippen LogP contribution >= 0.6 is 0 Å². The molecule has 2 N–H and O–H groups in total. The minimum atomic E-state index is -4.72. The lowest BCUT2D eigenvalue weighted by Gasteiger charge is -2.38. The molecule has 1 heterocycles. The van der Waals surface area contributed by atoms with Crippen LogP contribution in [0.2, 0.25) is 0 Å². The Morgan fingerprint density at radius 3 is 2.35 bits per heavy atom. The molecule has 0 bridgehead atoms. The molecule has 2 unspecified atom stereocenters. The third-order valence-corrected chi connectivity index (χ3v) is 5.67. The van der Waals surface area contributed by atoms with Crippen LogP contribution in [0.5, 0.6) is 11.5 Å². The van der Waals surface area contributed by atoms with Crippen LogP contribution in [-0.4, -0.2) is 79.4 Å². The van der Waals surface area contributed by atoms with E-state index >= 15 is 0 Å². The van der Waals surface area contributed by atoms with Crippen LogP contribution in [0.15, 0.2) is 18.2 Å². The average Bonchev–Trinajstić information content (AvgIpc) is 2.82. The summed E-state index contributed by atoms with van der Waals surface area (Å²) < 4.78 is 84.7.